The average molecular weight is 1980 g/mol. The zero-order valence-corrected chi connectivity index (χ0v) is 82.1. The van der Waals surface area contributed by atoms with Crippen LogP contribution in [0.25, 0.3) is 45.3 Å². The molecule has 4 aliphatic rings. The molecule has 0 radical (unpaired) electrons. The lowest BCUT2D eigenvalue weighted by atomic mass is 10.1. The molecule has 0 bridgehead atoms. The molecule has 28 nitrogen and oxygen atoms in total. The number of aryl methyl sites for hydroxylation is 6. The second-order valence-corrected chi connectivity index (χ2v) is 36.7. The van der Waals surface area contributed by atoms with Crippen molar-refractivity contribution in [3.05, 3.63) is 401 Å². The second-order valence-electron chi connectivity index (χ2n) is 36.7. The molecular weight excluding hydrogens is 1850 g/mol. The summed E-state index contributed by atoms with van der Waals surface area (Å²) < 4.78 is 113. The molecule has 4 amide bonds. The van der Waals surface area contributed by atoms with E-state index in [4.69, 9.17) is 53.9 Å². The quantitative estimate of drug-likeness (QED) is 0.0257. The topological polar surface area (TPSA) is 338 Å². The number of hydrogen-bond donors (Lipinski definition) is 4. The maximum Gasteiger partial charge on any atom is 0.280 e. The van der Waals surface area contributed by atoms with Crippen molar-refractivity contribution in [2.75, 3.05) is 26.4 Å². The first-order valence-corrected chi connectivity index (χ1v) is 50.3. The van der Waals surface area contributed by atoms with Crippen molar-refractivity contribution in [2.45, 2.75) is 204 Å². The van der Waals surface area contributed by atoms with Crippen LogP contribution in [-0.4, -0.2) is 124 Å². The molecule has 0 unspecified atom stereocenters. The summed E-state index contributed by atoms with van der Waals surface area (Å²) in [5, 5.41) is 10.0. The average Bonchev–Trinajstić information content (AvgIpc) is 1.57. The van der Waals surface area contributed by atoms with Crippen LogP contribution >= 0.6 is 0 Å². The summed E-state index contributed by atoms with van der Waals surface area (Å²) in [6, 6.07) is 77.2. The highest BCUT2D eigenvalue weighted by Crippen LogP contribution is 2.39. The number of para-hydroxylation sites is 4. The SMILES string of the molecule is [2H]C([2H])(c1ccccc1OCCCCCc1cc(=O)[nH]n1C)N(C(=O)c1ccc(-c2ccco2)cc1)C1CC1.[2H]C([2H])(c1ccccc1OCCCCCc1cc(=O)[nH]o1)N(C(=O)c1ccc(-c2ccco2)cc1)C1CC1.[2H]C1(N(Cc2ccccc2OCCCCCc2cc(=O)[nH]n2C)C(=O)c2ccc(-c3ccco3)cc2)CC1.[2H]C1(N(Cc2ccccc2OCCCCCc2cc(=O)[nH]o2)C(=O)c2ccc(-c3ccco3)cc2)CC1. The smallest absolute Gasteiger partial charge is 0.280 e. The molecule has 20 rings (SSSR count). The Labute approximate surface area is 855 Å². The van der Waals surface area contributed by atoms with E-state index in [-0.39, 0.29) is 57.9 Å². The van der Waals surface area contributed by atoms with Crippen LogP contribution in [0.3, 0.4) is 0 Å². The van der Waals surface area contributed by atoms with Gasteiger partial charge in [-0.25, -0.2) is 0 Å². The van der Waals surface area contributed by atoms with Gasteiger partial charge in [0.1, 0.15) is 57.6 Å². The third-order valence-electron chi connectivity index (χ3n) is 25.6. The number of carbonyl (C=O) groups is 4. The molecule has 146 heavy (non-hydrogen) atoms. The number of rotatable bonds is 48. The van der Waals surface area contributed by atoms with E-state index in [0.717, 1.165) is 183 Å². The maximum absolute atomic E-state index is 13.6. The van der Waals surface area contributed by atoms with E-state index in [1.165, 1.54) is 21.9 Å². The summed E-state index contributed by atoms with van der Waals surface area (Å²) in [6.07, 6.45) is 25.8. The molecule has 0 saturated heterocycles. The lowest BCUT2D eigenvalue weighted by Crippen LogP contribution is -2.32. The molecular formula is C118H126N10O18. The van der Waals surface area contributed by atoms with E-state index in [0.29, 0.717) is 146 Å². The first-order valence-electron chi connectivity index (χ1n) is 53.3. The van der Waals surface area contributed by atoms with E-state index in [1.807, 2.05) is 160 Å². The Morgan fingerprint density at radius 2 is 0.603 bits per heavy atom. The predicted molar refractivity (Wildman–Crippen MR) is 557 cm³/mol. The second kappa shape index (κ2) is 50.8. The van der Waals surface area contributed by atoms with Gasteiger partial charge in [0.25, 0.3) is 45.9 Å². The van der Waals surface area contributed by atoms with Crippen LogP contribution in [0.4, 0.5) is 0 Å². The first-order chi connectivity index (χ1) is 73.7. The van der Waals surface area contributed by atoms with Gasteiger partial charge < -0.3 is 65.3 Å². The molecule has 0 atom stereocenters. The van der Waals surface area contributed by atoms with Gasteiger partial charge in [-0.05, 0) is 263 Å². The third kappa shape index (κ3) is 29.2. The number of H-pyrrole nitrogens is 4. The molecule has 16 aromatic rings. The minimum Gasteiger partial charge on any atom is -0.493 e. The Morgan fingerprint density at radius 1 is 0.322 bits per heavy atom. The van der Waals surface area contributed by atoms with Crippen molar-refractivity contribution in [1.29, 1.82) is 0 Å². The van der Waals surface area contributed by atoms with Crippen LogP contribution in [0.2, 0.25) is 0 Å². The number of aromatic amines is 4. The van der Waals surface area contributed by atoms with Crippen LogP contribution in [0.15, 0.2) is 338 Å². The van der Waals surface area contributed by atoms with Gasteiger partial charge in [-0.2, -0.15) is 10.3 Å². The molecule has 8 aromatic carbocycles. The van der Waals surface area contributed by atoms with Crippen LogP contribution in [0.1, 0.15) is 223 Å². The molecule has 8 aromatic heterocycles. The summed E-state index contributed by atoms with van der Waals surface area (Å²) in [7, 11) is 3.68. The first kappa shape index (κ1) is 93.6. The Hall–Kier alpha value is -16.0. The molecule has 8 heterocycles. The van der Waals surface area contributed by atoms with E-state index < -0.39 is 25.0 Å². The van der Waals surface area contributed by atoms with Crippen molar-refractivity contribution in [2.24, 2.45) is 14.1 Å². The molecule has 4 aliphatic carbocycles. The van der Waals surface area contributed by atoms with Gasteiger partial charge in [0, 0.05) is 180 Å². The Morgan fingerprint density at radius 3 is 0.863 bits per heavy atom. The van der Waals surface area contributed by atoms with Crippen molar-refractivity contribution in [1.82, 2.24) is 49.5 Å². The van der Waals surface area contributed by atoms with Crippen molar-refractivity contribution < 1.29 is 73.1 Å². The number of nitrogens with zero attached hydrogens (tertiary/aromatic N) is 6. The highest BCUT2D eigenvalue weighted by molar-refractivity contribution is 5.97. The third-order valence-corrected chi connectivity index (χ3v) is 25.6. The van der Waals surface area contributed by atoms with Crippen LogP contribution in [-0.2, 0) is 65.9 Å². The van der Waals surface area contributed by atoms with Gasteiger partial charge in [-0.1, -0.05) is 121 Å². The van der Waals surface area contributed by atoms with E-state index in [1.54, 1.807) is 153 Å². The summed E-state index contributed by atoms with van der Waals surface area (Å²) in [5.74, 6) is 5.56. The lowest BCUT2D eigenvalue weighted by molar-refractivity contribution is 0.0720. The Balaban J connectivity index is 0.000000138. The minimum atomic E-state index is -2.06. The van der Waals surface area contributed by atoms with Gasteiger partial charge in [0.15, 0.2) is 0 Å². The monoisotopic (exact) mass is 1980 g/mol. The molecule has 4 N–H and O–H groups in total. The predicted octanol–water partition coefficient (Wildman–Crippen LogP) is 22.8. The number of hydrogen-bond acceptors (Lipinski definition) is 18. The summed E-state index contributed by atoms with van der Waals surface area (Å²) in [5.41, 5.74) is 9.29. The summed E-state index contributed by atoms with van der Waals surface area (Å²) in [4.78, 5) is 105. The highest BCUT2D eigenvalue weighted by atomic mass is 16.5. The van der Waals surface area contributed by atoms with Crippen LogP contribution < -0.4 is 41.2 Å². The number of benzene rings is 8. The van der Waals surface area contributed by atoms with Gasteiger partial charge >= 0.3 is 0 Å². The standard InChI is InChI=1S/2C30H33N3O4.2C29H30N2O5/c2*1-32-26(20-29(34)31-32)9-3-2-6-18-36-28-10-5-4-8-24(28)21-33(25-16-17-25)30(35)23-14-12-22(13-15-23)27-11-7-19-37-27;2*32-28-19-25(36-30-28)8-2-1-5-17-34-27-9-4-3-7-23(27)20-31(24-15-16-24)29(33)22-13-11-21(12-14-22)26-10-6-18-35-26/h2*4-5,7-8,10-15,19-20,25H,2-3,6,9,16-18,21H2,1H3,(H,31,34);2*3-4,6-7,9-14,18-19,24H,1-2,5,8,15-17,20H2,(H,30,32)/i25D;21D2;24D;20D2. The molecule has 756 valence electrons. The van der Waals surface area contributed by atoms with E-state index in [9.17, 15) is 38.4 Å². The lowest BCUT2D eigenvalue weighted by Gasteiger charge is -2.24. The van der Waals surface area contributed by atoms with Gasteiger partial charge in [-0.15, -0.1) is 0 Å². The largest absolute Gasteiger partial charge is 0.493 e. The van der Waals surface area contributed by atoms with Crippen molar-refractivity contribution in [3.63, 3.8) is 0 Å². The van der Waals surface area contributed by atoms with Crippen LogP contribution in [0, 0.1) is 0 Å². The number of ether oxygens (including phenoxy) is 4. The van der Waals surface area contributed by atoms with Crippen molar-refractivity contribution in [3.8, 4) is 68.3 Å². The zero-order valence-electron chi connectivity index (χ0n) is 88.1. The van der Waals surface area contributed by atoms with Gasteiger partial charge in [0.05, 0.1) is 59.7 Å². The van der Waals surface area contributed by atoms with Crippen molar-refractivity contribution >= 4 is 23.6 Å². The molecule has 4 saturated carbocycles. The van der Waals surface area contributed by atoms with Gasteiger partial charge in [0.2, 0.25) is 0 Å². The maximum atomic E-state index is 13.6. The summed E-state index contributed by atoms with van der Waals surface area (Å²) >= 11 is 0. The Kier molecular flexibility index (Phi) is 32.6. The number of nitrogens with one attached hydrogen (secondary N) is 4. The molecule has 28 heteroatoms. The number of furan rings is 4. The number of unbranched alkanes of at least 4 members (excludes halogenated alkanes) is 8. The minimum absolute atomic E-state index is 0.0680. The van der Waals surface area contributed by atoms with E-state index in [2.05, 4.69) is 20.5 Å². The van der Waals surface area contributed by atoms with Gasteiger partial charge in [-0.3, -0.25) is 57.9 Å². The number of amides is 4. The zero-order chi connectivity index (χ0) is 106. The molecule has 4 fully saturated rings. The van der Waals surface area contributed by atoms with Crippen LogP contribution in [0.5, 0.6) is 23.0 Å². The fraction of sp³-hybridized carbons (Fsp3) is 0.322. The molecule has 0 spiro atoms. The summed E-state index contributed by atoms with van der Waals surface area (Å²) in [6.45, 7) is -1.51. The normalized spacial score (nSPS) is 14.2. The highest BCUT2D eigenvalue weighted by Gasteiger charge is 2.38. The fourth-order valence-electron chi connectivity index (χ4n) is 17.0. The Bertz CT molecular complexity index is 7400. The number of aromatic nitrogens is 6. The van der Waals surface area contributed by atoms with E-state index >= 15 is 0 Å². The molecule has 0 aliphatic heterocycles. The fourth-order valence-corrected chi connectivity index (χ4v) is 17.0. The number of carbonyl (C=O) groups excluding carboxylic acids is 4.